The van der Waals surface area contributed by atoms with E-state index in [2.05, 4.69) is 198 Å². The molecule has 0 unspecified atom stereocenters. The summed E-state index contributed by atoms with van der Waals surface area (Å²) in [5, 5.41) is 8.15. The predicted molar refractivity (Wildman–Crippen MR) is 440 cm³/mol. The van der Waals surface area contributed by atoms with Crippen molar-refractivity contribution in [3.05, 3.63) is 365 Å². The van der Waals surface area contributed by atoms with E-state index < -0.39 is 47.1 Å². The van der Waals surface area contributed by atoms with Crippen molar-refractivity contribution in [3.8, 4) is 57.1 Å². The smallest absolute Gasteiger partial charge is 0.255 e. The molecule has 0 radical (unpaired) electrons. The number of aromatic nitrogens is 8. The number of halogens is 24. The number of hydrogen-bond acceptors (Lipinski definition) is 10. The number of ether oxygens (including phenoxy) is 2. The Labute approximate surface area is 712 Å². The van der Waals surface area contributed by atoms with Crippen LogP contribution in [0.25, 0.3) is 45.6 Å². The minimum Gasteiger partial charge on any atom is -0.255 e. The molecule has 14 aromatic rings. The summed E-state index contributed by atoms with van der Waals surface area (Å²) in [5.41, 5.74) is 7.32. The third-order valence-corrected chi connectivity index (χ3v) is 19.1. The van der Waals surface area contributed by atoms with Crippen molar-refractivity contribution in [1.82, 2.24) is 39.9 Å². The van der Waals surface area contributed by atoms with Crippen molar-refractivity contribution in [3.63, 3.8) is 0 Å². The van der Waals surface area contributed by atoms with Crippen LogP contribution in [-0.4, -0.2) is 53.1 Å². The number of hydrogen-bond donors (Lipinski definition) is 0. The first-order valence-electron chi connectivity index (χ1n) is 34.4. The third-order valence-electron chi connectivity index (χ3n) is 13.5. The molecule has 0 amide bonds. The van der Waals surface area contributed by atoms with E-state index in [4.69, 9.17) is 9.47 Å². The quantitative estimate of drug-likeness (QED) is 0.0591. The molecule has 10 nitrogen and oxygen atoms in total. The largest absolute Gasteiger partial charge is 2.00 e. The van der Waals surface area contributed by atoms with Crippen LogP contribution in [0.5, 0.6) is 11.5 Å². The molecule has 8 aromatic heterocycles. The molecular weight excluding hydrogens is 1950 g/mol. The molecule has 14 rings (SSSR count). The van der Waals surface area contributed by atoms with Gasteiger partial charge in [-0.05, 0) is 184 Å². The Balaban J connectivity index is 0.000000360. The molecular formula is C80H72F24N8O2P6Ru2+2. The van der Waals surface area contributed by atoms with Crippen LogP contribution in [0.1, 0.15) is 13.8 Å². The number of nitrogens with zero attached hydrogens (tertiary/aromatic N) is 8. The van der Waals surface area contributed by atoms with E-state index in [1.165, 1.54) is 31.8 Å². The topological polar surface area (TPSA) is 122 Å². The van der Waals surface area contributed by atoms with Crippen LogP contribution < -0.4 is 41.3 Å². The monoisotopic (exact) mass is 2020 g/mol. The van der Waals surface area contributed by atoms with Gasteiger partial charge in [0.05, 0.1) is 58.8 Å². The Kier molecular flexibility index (Phi) is 38.0. The normalized spacial score (nSPS) is 13.0. The third kappa shape index (κ3) is 55.3. The molecule has 8 heterocycles. The Hall–Kier alpha value is -9.73. The van der Waals surface area contributed by atoms with Gasteiger partial charge in [-0.15, -0.1) is 0 Å². The van der Waals surface area contributed by atoms with E-state index in [1.807, 2.05) is 172 Å². The van der Waals surface area contributed by atoms with Gasteiger partial charge < -0.3 is 9.47 Å². The van der Waals surface area contributed by atoms with Gasteiger partial charge >= 0.3 is 171 Å². The summed E-state index contributed by atoms with van der Waals surface area (Å²) >= 11 is 0. The standard InChI is InChI=1S/2C20H19OP.4C10H8N2.4F6P.2Ru/c2*1-2-21-19-15-9-10-16-20(19)22(17-11-5-3-6-12-17)18-13-7-4-8-14-18;4*1-3-7-11-9(5-1)10-6-2-4-8-12-10;4*1-7(2,3,4,5)6;;/h2*3-16H,2H2,1H3;4*1-8H;;;;;;/q;;;;;;4*-1;2*+2/p+2. The molecule has 0 atom stereocenters. The van der Waals surface area contributed by atoms with Gasteiger partial charge in [0.25, 0.3) is 0 Å². The van der Waals surface area contributed by atoms with Gasteiger partial charge in [0.2, 0.25) is 0 Å². The van der Waals surface area contributed by atoms with E-state index in [0.29, 0.717) is 13.2 Å². The molecule has 0 spiro atoms. The first kappa shape index (κ1) is 106. The zero-order chi connectivity index (χ0) is 88.9. The molecule has 0 aliphatic rings. The van der Waals surface area contributed by atoms with Crippen LogP contribution in [0.2, 0.25) is 0 Å². The molecule has 0 saturated heterocycles. The Morgan fingerprint density at radius 2 is 0.328 bits per heavy atom. The van der Waals surface area contributed by atoms with Crippen molar-refractivity contribution in [2.75, 3.05) is 13.2 Å². The first-order valence-corrected chi connectivity index (χ1v) is 45.5. The maximum absolute atomic E-state index is 10.7. The van der Waals surface area contributed by atoms with E-state index in [-0.39, 0.29) is 39.0 Å². The van der Waals surface area contributed by atoms with Crippen LogP contribution in [0.15, 0.2) is 365 Å². The van der Waals surface area contributed by atoms with Crippen LogP contribution in [0.4, 0.5) is 101 Å². The fourth-order valence-electron chi connectivity index (χ4n) is 9.40. The van der Waals surface area contributed by atoms with Crippen LogP contribution >= 0.6 is 47.1 Å². The van der Waals surface area contributed by atoms with Gasteiger partial charge in [0.1, 0.15) is 47.7 Å². The first-order chi connectivity index (χ1) is 55.5. The Morgan fingerprint density at radius 3 is 0.459 bits per heavy atom. The number of benzene rings is 6. The van der Waals surface area contributed by atoms with Crippen molar-refractivity contribution in [2.24, 2.45) is 0 Å². The molecule has 0 fully saturated rings. The summed E-state index contributed by atoms with van der Waals surface area (Å²) in [6, 6.07) is 106. The summed E-state index contributed by atoms with van der Waals surface area (Å²) in [4.78, 5) is 33.5. The molecule has 0 N–H and O–H groups in total. The minimum atomic E-state index is -10.7. The fraction of sp³-hybridized carbons (Fsp3) is 0.0500. The van der Waals surface area contributed by atoms with Gasteiger partial charge in [-0.1, -0.05) is 146 Å². The molecule has 0 aliphatic heterocycles. The number of para-hydroxylation sites is 2. The van der Waals surface area contributed by atoms with Gasteiger partial charge in [-0.2, -0.15) is 0 Å². The second-order valence-corrected chi connectivity index (χ2v) is 36.2. The summed E-state index contributed by atoms with van der Waals surface area (Å²) in [6.45, 7) is 5.45. The summed E-state index contributed by atoms with van der Waals surface area (Å²) in [6.07, 6.45) is 14.1. The summed E-state index contributed by atoms with van der Waals surface area (Å²) in [7, 11) is -44.7. The number of rotatable bonds is 14. The Morgan fingerprint density at radius 1 is 0.197 bits per heavy atom. The van der Waals surface area contributed by atoms with E-state index >= 15 is 0 Å². The van der Waals surface area contributed by atoms with Crippen molar-refractivity contribution >= 4 is 78.9 Å². The maximum Gasteiger partial charge on any atom is 2.00 e. The van der Waals surface area contributed by atoms with Gasteiger partial charge in [0, 0.05) is 49.6 Å². The summed E-state index contributed by atoms with van der Waals surface area (Å²) < 4.78 is 249. The fourth-order valence-corrected chi connectivity index (χ4v) is 14.7. The zero-order valence-electron chi connectivity index (χ0n) is 63.0. The Bertz CT molecular complexity index is 4490. The van der Waals surface area contributed by atoms with Gasteiger partial charge in [-0.25, -0.2) is 0 Å². The molecule has 42 heteroatoms. The maximum atomic E-state index is 9.87. The predicted octanol–water partition coefficient (Wildman–Crippen LogP) is 29.3. The van der Waals surface area contributed by atoms with Gasteiger partial charge in [-0.3, -0.25) is 39.9 Å². The molecule has 656 valence electrons. The SMILES string of the molecule is CCOc1ccccc1[PH+](c1ccccc1)c1ccccc1.CCOc1ccccc1[PH+](c1ccccc1)c1ccccc1.F[P-](F)(F)(F)(F)F.F[P-](F)(F)(F)(F)F.F[P-](F)(F)(F)(F)F.F[P-](F)(F)(F)(F)F.[Ru+2].[Ru+2].c1ccc(-c2ccccn2)nc1.c1ccc(-c2ccccn2)nc1.c1ccc(-c2ccccn2)nc1.c1ccc(-c2ccccn2)nc1. The van der Waals surface area contributed by atoms with Gasteiger partial charge in [0.15, 0.2) is 11.5 Å². The van der Waals surface area contributed by atoms with Crippen LogP contribution in [0, 0.1) is 0 Å². The molecule has 122 heavy (non-hydrogen) atoms. The van der Waals surface area contributed by atoms with Crippen molar-refractivity contribution in [1.29, 1.82) is 0 Å². The number of pyridine rings is 8. The van der Waals surface area contributed by atoms with Crippen molar-refractivity contribution < 1.29 is 149 Å². The molecule has 0 aliphatic carbocycles. The zero-order valence-corrected chi connectivity index (χ0v) is 72.1. The molecule has 6 aromatic carbocycles. The molecule has 0 saturated carbocycles. The average molecular weight is 2020 g/mol. The van der Waals surface area contributed by atoms with Crippen LogP contribution in [-0.2, 0) is 39.0 Å². The second kappa shape index (κ2) is 43.5. The van der Waals surface area contributed by atoms with Crippen LogP contribution in [0.3, 0.4) is 0 Å². The average Bonchev–Trinajstić information content (AvgIpc) is 0.813. The summed E-state index contributed by atoms with van der Waals surface area (Å²) in [5.74, 6) is 2.01. The van der Waals surface area contributed by atoms with E-state index in [9.17, 15) is 101 Å². The molecule has 0 bridgehead atoms. The van der Waals surface area contributed by atoms with E-state index in [0.717, 1.165) is 57.1 Å². The minimum absolute atomic E-state index is 0. The van der Waals surface area contributed by atoms with Crippen molar-refractivity contribution in [2.45, 2.75) is 13.8 Å². The second-order valence-electron chi connectivity index (χ2n) is 23.6. The van der Waals surface area contributed by atoms with E-state index in [1.54, 1.807) is 49.6 Å².